The number of hydrogen-bond acceptors (Lipinski definition) is 1. The van der Waals surface area contributed by atoms with Gasteiger partial charge in [0, 0.05) is 0 Å². The molecular weight excluding hydrogens is 206 g/mol. The van der Waals surface area contributed by atoms with E-state index in [-0.39, 0.29) is 12.4 Å². The summed E-state index contributed by atoms with van der Waals surface area (Å²) in [5, 5.41) is 3.46. The van der Waals surface area contributed by atoms with Crippen LogP contribution < -0.4 is 5.32 Å². The molecule has 1 N–H and O–H groups in total. The molecule has 0 radical (unpaired) electrons. The van der Waals surface area contributed by atoms with E-state index in [9.17, 15) is 0 Å². The topological polar surface area (TPSA) is 12.0 Å². The molecule has 0 spiro atoms. The van der Waals surface area contributed by atoms with Crippen molar-refractivity contribution in [1.82, 2.24) is 5.32 Å². The number of benzene rings is 1. The zero-order chi connectivity index (χ0) is 10.1. The lowest BCUT2D eigenvalue weighted by Gasteiger charge is -2.03. The van der Waals surface area contributed by atoms with Crippen LogP contribution in [0.25, 0.3) is 0 Å². The van der Waals surface area contributed by atoms with Crippen LogP contribution in [0.5, 0.6) is 0 Å². The minimum Gasteiger partial charge on any atom is -0.317 e. The van der Waals surface area contributed by atoms with Gasteiger partial charge in [-0.05, 0) is 37.9 Å². The third-order valence-corrected chi connectivity index (χ3v) is 2.37. The highest BCUT2D eigenvalue weighted by atomic mass is 35.5. The summed E-state index contributed by atoms with van der Waals surface area (Å²) in [5.74, 6) is 0. The monoisotopic (exact) mass is 227 g/mol. The van der Waals surface area contributed by atoms with Crippen molar-refractivity contribution in [3.8, 4) is 0 Å². The van der Waals surface area contributed by atoms with E-state index >= 15 is 0 Å². The Kier molecular flexibility index (Phi) is 9.65. The van der Waals surface area contributed by atoms with E-state index in [0.717, 1.165) is 6.54 Å². The second-order valence-corrected chi connectivity index (χ2v) is 3.69. The Morgan fingerprint density at radius 1 is 1.00 bits per heavy atom. The van der Waals surface area contributed by atoms with Crippen molar-refractivity contribution in [2.24, 2.45) is 0 Å². The highest BCUT2D eigenvalue weighted by molar-refractivity contribution is 5.85. The SMILES string of the molecule is CCCCNCCCc1ccccc1.Cl. The summed E-state index contributed by atoms with van der Waals surface area (Å²) < 4.78 is 0. The molecule has 1 aromatic carbocycles. The van der Waals surface area contributed by atoms with Gasteiger partial charge in [0.05, 0.1) is 0 Å². The number of hydrogen-bond donors (Lipinski definition) is 1. The third kappa shape index (κ3) is 7.40. The second-order valence-electron chi connectivity index (χ2n) is 3.69. The van der Waals surface area contributed by atoms with Gasteiger partial charge in [0.2, 0.25) is 0 Å². The molecule has 0 aliphatic rings. The molecule has 1 aromatic rings. The van der Waals surface area contributed by atoms with Gasteiger partial charge in [-0.1, -0.05) is 43.7 Å². The Labute approximate surface area is 99.7 Å². The molecule has 0 atom stereocenters. The molecule has 0 unspecified atom stereocenters. The van der Waals surface area contributed by atoms with Crippen molar-refractivity contribution in [3.05, 3.63) is 35.9 Å². The predicted molar refractivity (Wildman–Crippen MR) is 69.8 cm³/mol. The molecule has 1 rings (SSSR count). The number of halogens is 1. The molecule has 0 aliphatic carbocycles. The fourth-order valence-corrected chi connectivity index (χ4v) is 1.49. The first kappa shape index (κ1) is 14.5. The normalized spacial score (nSPS) is 9.67. The van der Waals surface area contributed by atoms with E-state index in [2.05, 4.69) is 42.6 Å². The van der Waals surface area contributed by atoms with Gasteiger partial charge < -0.3 is 5.32 Å². The van der Waals surface area contributed by atoms with Crippen molar-refractivity contribution in [2.75, 3.05) is 13.1 Å². The summed E-state index contributed by atoms with van der Waals surface area (Å²) in [5.41, 5.74) is 1.45. The average Bonchev–Trinajstić information content (AvgIpc) is 2.25. The quantitative estimate of drug-likeness (QED) is 0.704. The van der Waals surface area contributed by atoms with E-state index < -0.39 is 0 Å². The second kappa shape index (κ2) is 10.0. The Morgan fingerprint density at radius 3 is 2.33 bits per heavy atom. The van der Waals surface area contributed by atoms with Gasteiger partial charge in [0.15, 0.2) is 0 Å². The van der Waals surface area contributed by atoms with E-state index in [1.165, 1.54) is 37.8 Å². The van der Waals surface area contributed by atoms with Crippen molar-refractivity contribution in [3.63, 3.8) is 0 Å². The first-order valence-corrected chi connectivity index (χ1v) is 5.68. The van der Waals surface area contributed by atoms with Gasteiger partial charge in [-0.15, -0.1) is 12.4 Å². The zero-order valence-corrected chi connectivity index (χ0v) is 10.4. The summed E-state index contributed by atoms with van der Waals surface area (Å²) in [4.78, 5) is 0. The molecule has 15 heavy (non-hydrogen) atoms. The van der Waals surface area contributed by atoms with Gasteiger partial charge in [0.1, 0.15) is 0 Å². The van der Waals surface area contributed by atoms with Crippen LogP contribution in [0.3, 0.4) is 0 Å². The van der Waals surface area contributed by atoms with Crippen LogP contribution in [0.2, 0.25) is 0 Å². The minimum absolute atomic E-state index is 0. The molecule has 2 heteroatoms. The molecule has 86 valence electrons. The number of unbranched alkanes of at least 4 members (excludes halogenated alkanes) is 1. The van der Waals surface area contributed by atoms with Crippen LogP contribution in [-0.4, -0.2) is 13.1 Å². The molecule has 0 aromatic heterocycles. The van der Waals surface area contributed by atoms with Gasteiger partial charge in [-0.2, -0.15) is 0 Å². The Morgan fingerprint density at radius 2 is 1.67 bits per heavy atom. The van der Waals surface area contributed by atoms with Gasteiger partial charge in [0.25, 0.3) is 0 Å². The lowest BCUT2D eigenvalue weighted by atomic mass is 10.1. The summed E-state index contributed by atoms with van der Waals surface area (Å²) >= 11 is 0. The summed E-state index contributed by atoms with van der Waals surface area (Å²) in [6, 6.07) is 10.7. The standard InChI is InChI=1S/C13H21N.ClH/c1-2-3-11-14-12-7-10-13-8-5-4-6-9-13;/h4-6,8-9,14H,2-3,7,10-12H2,1H3;1H. The maximum atomic E-state index is 3.46. The Balaban J connectivity index is 0.00000196. The average molecular weight is 228 g/mol. The Bertz CT molecular complexity index is 223. The van der Waals surface area contributed by atoms with Crippen LogP contribution in [-0.2, 0) is 6.42 Å². The molecule has 0 aliphatic heterocycles. The largest absolute Gasteiger partial charge is 0.317 e. The first-order chi connectivity index (χ1) is 6.93. The van der Waals surface area contributed by atoms with Crippen LogP contribution >= 0.6 is 12.4 Å². The number of nitrogens with one attached hydrogen (secondary N) is 1. The molecule has 0 heterocycles. The lowest BCUT2D eigenvalue weighted by molar-refractivity contribution is 0.617. The maximum Gasteiger partial charge on any atom is -0.00457 e. The third-order valence-electron chi connectivity index (χ3n) is 2.37. The van der Waals surface area contributed by atoms with Crippen molar-refractivity contribution < 1.29 is 0 Å². The van der Waals surface area contributed by atoms with E-state index in [1.807, 2.05) is 0 Å². The number of aryl methyl sites for hydroxylation is 1. The van der Waals surface area contributed by atoms with Crippen LogP contribution in [0.4, 0.5) is 0 Å². The molecule has 0 saturated carbocycles. The van der Waals surface area contributed by atoms with Gasteiger partial charge >= 0.3 is 0 Å². The Hall–Kier alpha value is -0.530. The summed E-state index contributed by atoms with van der Waals surface area (Å²) in [6.07, 6.45) is 5.02. The van der Waals surface area contributed by atoms with Crippen LogP contribution in [0.15, 0.2) is 30.3 Å². The molecule has 0 fully saturated rings. The highest BCUT2D eigenvalue weighted by Crippen LogP contribution is 2.01. The smallest absolute Gasteiger partial charge is 0.00457 e. The molecule has 0 amide bonds. The van der Waals surface area contributed by atoms with Crippen LogP contribution in [0, 0.1) is 0 Å². The summed E-state index contributed by atoms with van der Waals surface area (Å²) in [7, 11) is 0. The van der Waals surface area contributed by atoms with Crippen molar-refractivity contribution in [1.29, 1.82) is 0 Å². The number of rotatable bonds is 7. The minimum atomic E-state index is 0. The van der Waals surface area contributed by atoms with Gasteiger partial charge in [-0.25, -0.2) is 0 Å². The maximum absolute atomic E-state index is 3.46. The van der Waals surface area contributed by atoms with Gasteiger partial charge in [-0.3, -0.25) is 0 Å². The molecule has 0 saturated heterocycles. The molecule has 1 nitrogen and oxygen atoms in total. The fourth-order valence-electron chi connectivity index (χ4n) is 1.49. The van der Waals surface area contributed by atoms with Crippen molar-refractivity contribution >= 4 is 12.4 Å². The fraction of sp³-hybridized carbons (Fsp3) is 0.538. The molecular formula is C13H22ClN. The predicted octanol–water partition coefficient (Wildman–Crippen LogP) is 3.43. The van der Waals surface area contributed by atoms with E-state index in [0.29, 0.717) is 0 Å². The van der Waals surface area contributed by atoms with E-state index in [4.69, 9.17) is 0 Å². The van der Waals surface area contributed by atoms with E-state index in [1.54, 1.807) is 0 Å². The van der Waals surface area contributed by atoms with Crippen molar-refractivity contribution in [2.45, 2.75) is 32.6 Å². The first-order valence-electron chi connectivity index (χ1n) is 5.68. The summed E-state index contributed by atoms with van der Waals surface area (Å²) in [6.45, 7) is 4.55. The zero-order valence-electron chi connectivity index (χ0n) is 9.54. The van der Waals surface area contributed by atoms with Crippen LogP contribution in [0.1, 0.15) is 31.7 Å². The lowest BCUT2D eigenvalue weighted by Crippen LogP contribution is -2.16. The highest BCUT2D eigenvalue weighted by Gasteiger charge is 1.91. The molecule has 0 bridgehead atoms.